The van der Waals surface area contributed by atoms with Gasteiger partial charge in [0.1, 0.15) is 18.1 Å². The minimum atomic E-state index is 0.408. The maximum Gasteiger partial charge on any atom is 0.126 e. The molecule has 112 valence electrons. The van der Waals surface area contributed by atoms with Gasteiger partial charge in [-0.3, -0.25) is 0 Å². The Hall–Kier alpha value is -1.87. The molecule has 0 saturated heterocycles. The molecule has 0 atom stereocenters. The molecule has 0 heterocycles. The van der Waals surface area contributed by atoms with Gasteiger partial charge >= 0.3 is 0 Å². The van der Waals surface area contributed by atoms with E-state index in [2.05, 4.69) is 6.92 Å². The van der Waals surface area contributed by atoms with Crippen molar-refractivity contribution in [1.29, 1.82) is 0 Å². The summed E-state index contributed by atoms with van der Waals surface area (Å²) in [5.74, 6) is 1.59. The van der Waals surface area contributed by atoms with Gasteiger partial charge in [0.2, 0.25) is 0 Å². The number of anilines is 1. The van der Waals surface area contributed by atoms with Crippen molar-refractivity contribution in [3.05, 3.63) is 52.5 Å². The average molecular weight is 306 g/mol. The molecule has 4 heteroatoms. The highest BCUT2D eigenvalue weighted by molar-refractivity contribution is 6.31. The number of hydrogen-bond donors (Lipinski definition) is 1. The third-order valence-corrected chi connectivity index (χ3v) is 3.55. The summed E-state index contributed by atoms with van der Waals surface area (Å²) in [6, 6.07) is 11.3. The zero-order valence-corrected chi connectivity index (χ0v) is 13.1. The van der Waals surface area contributed by atoms with Crippen molar-refractivity contribution in [2.75, 3.05) is 12.3 Å². The number of benzene rings is 2. The fourth-order valence-electron chi connectivity index (χ4n) is 2.08. The maximum atomic E-state index is 6.11. The van der Waals surface area contributed by atoms with Gasteiger partial charge in [0.25, 0.3) is 0 Å². The first-order valence-electron chi connectivity index (χ1n) is 7.06. The van der Waals surface area contributed by atoms with Crippen LogP contribution in [-0.2, 0) is 13.0 Å². The van der Waals surface area contributed by atoms with E-state index < -0.39 is 0 Å². The van der Waals surface area contributed by atoms with Crippen molar-refractivity contribution in [1.82, 2.24) is 0 Å². The monoisotopic (exact) mass is 305 g/mol. The first kappa shape index (κ1) is 15.5. The standard InChI is InChI=1S/C17H20ClNO2/c1-3-12-10-15(6-7-16(12)18)21-11-13-9-14(19)5-8-17(13)20-4-2/h5-10H,3-4,11,19H2,1-2H3. The van der Waals surface area contributed by atoms with Gasteiger partial charge in [-0.2, -0.15) is 0 Å². The summed E-state index contributed by atoms with van der Waals surface area (Å²) in [5, 5.41) is 0.767. The van der Waals surface area contributed by atoms with E-state index in [9.17, 15) is 0 Å². The lowest BCUT2D eigenvalue weighted by Crippen LogP contribution is -2.02. The fourth-order valence-corrected chi connectivity index (χ4v) is 2.33. The van der Waals surface area contributed by atoms with E-state index >= 15 is 0 Å². The molecule has 2 rings (SSSR count). The molecular weight excluding hydrogens is 286 g/mol. The lowest BCUT2D eigenvalue weighted by atomic mass is 10.1. The molecule has 0 saturated carbocycles. The molecule has 0 aliphatic heterocycles. The van der Waals surface area contributed by atoms with Gasteiger partial charge < -0.3 is 15.2 Å². The van der Waals surface area contributed by atoms with Crippen LogP contribution in [0.2, 0.25) is 5.02 Å². The maximum absolute atomic E-state index is 6.11. The van der Waals surface area contributed by atoms with Crippen LogP contribution in [-0.4, -0.2) is 6.61 Å². The van der Waals surface area contributed by atoms with Crippen LogP contribution in [0, 0.1) is 0 Å². The molecule has 0 aliphatic carbocycles. The van der Waals surface area contributed by atoms with E-state index in [1.165, 1.54) is 0 Å². The summed E-state index contributed by atoms with van der Waals surface area (Å²) in [5.41, 5.74) is 8.54. The van der Waals surface area contributed by atoms with Crippen molar-refractivity contribution in [2.45, 2.75) is 26.9 Å². The number of hydrogen-bond acceptors (Lipinski definition) is 3. The molecule has 21 heavy (non-hydrogen) atoms. The summed E-state index contributed by atoms with van der Waals surface area (Å²) in [7, 11) is 0. The first-order chi connectivity index (χ1) is 10.1. The Morgan fingerprint density at radius 3 is 2.52 bits per heavy atom. The first-order valence-corrected chi connectivity index (χ1v) is 7.44. The van der Waals surface area contributed by atoms with E-state index in [1.807, 2.05) is 43.3 Å². The SMILES string of the molecule is CCOc1ccc(N)cc1COc1ccc(Cl)c(CC)c1. The molecule has 0 bridgehead atoms. The highest BCUT2D eigenvalue weighted by Crippen LogP contribution is 2.26. The van der Waals surface area contributed by atoms with Gasteiger partial charge in [-0.15, -0.1) is 0 Å². The number of nitrogen functional groups attached to an aromatic ring is 1. The van der Waals surface area contributed by atoms with E-state index in [4.69, 9.17) is 26.8 Å². The number of nitrogens with two attached hydrogens (primary N) is 1. The highest BCUT2D eigenvalue weighted by atomic mass is 35.5. The molecule has 0 radical (unpaired) electrons. The molecule has 0 spiro atoms. The van der Waals surface area contributed by atoms with Crippen LogP contribution in [0.4, 0.5) is 5.69 Å². The zero-order valence-electron chi connectivity index (χ0n) is 12.4. The predicted octanol–water partition coefficient (Wildman–Crippen LogP) is 4.46. The van der Waals surface area contributed by atoms with Crippen molar-refractivity contribution < 1.29 is 9.47 Å². The van der Waals surface area contributed by atoms with Crippen molar-refractivity contribution >= 4 is 17.3 Å². The number of halogens is 1. The fraction of sp³-hybridized carbons (Fsp3) is 0.294. The van der Waals surface area contributed by atoms with Crippen LogP contribution in [0.15, 0.2) is 36.4 Å². The van der Waals surface area contributed by atoms with E-state index in [1.54, 1.807) is 0 Å². The molecule has 0 aliphatic rings. The molecule has 0 unspecified atom stereocenters. The van der Waals surface area contributed by atoms with Gasteiger partial charge in [-0.1, -0.05) is 18.5 Å². The lowest BCUT2D eigenvalue weighted by Gasteiger charge is -2.13. The Bertz CT molecular complexity index is 614. The van der Waals surface area contributed by atoms with E-state index in [0.29, 0.717) is 18.9 Å². The second-order valence-electron chi connectivity index (χ2n) is 4.70. The van der Waals surface area contributed by atoms with E-state index in [-0.39, 0.29) is 0 Å². The van der Waals surface area contributed by atoms with Gasteiger partial charge in [0.15, 0.2) is 0 Å². The smallest absolute Gasteiger partial charge is 0.126 e. The summed E-state index contributed by atoms with van der Waals surface area (Å²) < 4.78 is 11.4. The van der Waals surface area contributed by atoms with Crippen LogP contribution in [0.1, 0.15) is 25.0 Å². The Kier molecular flexibility index (Phi) is 5.34. The Morgan fingerprint density at radius 2 is 1.81 bits per heavy atom. The van der Waals surface area contributed by atoms with Gasteiger partial charge in [0.05, 0.1) is 6.61 Å². The van der Waals surface area contributed by atoms with Gasteiger partial charge in [0, 0.05) is 16.3 Å². The van der Waals surface area contributed by atoms with Crippen molar-refractivity contribution in [3.63, 3.8) is 0 Å². The Labute approximate surface area is 130 Å². The zero-order chi connectivity index (χ0) is 15.2. The average Bonchev–Trinajstić information content (AvgIpc) is 2.49. The third kappa shape index (κ3) is 4.05. The highest BCUT2D eigenvalue weighted by Gasteiger charge is 2.06. The van der Waals surface area contributed by atoms with Crippen LogP contribution in [0.25, 0.3) is 0 Å². The molecule has 3 nitrogen and oxygen atoms in total. The largest absolute Gasteiger partial charge is 0.493 e. The number of ether oxygens (including phenoxy) is 2. The summed E-state index contributed by atoms with van der Waals surface area (Å²) in [4.78, 5) is 0. The normalized spacial score (nSPS) is 10.4. The molecule has 0 aromatic heterocycles. The van der Waals surface area contributed by atoms with Crippen LogP contribution in [0.3, 0.4) is 0 Å². The second kappa shape index (κ2) is 7.23. The predicted molar refractivity (Wildman–Crippen MR) is 87.2 cm³/mol. The lowest BCUT2D eigenvalue weighted by molar-refractivity contribution is 0.286. The molecule has 0 fully saturated rings. The topological polar surface area (TPSA) is 44.5 Å². The second-order valence-corrected chi connectivity index (χ2v) is 5.10. The molecular formula is C17H20ClNO2. The summed E-state index contributed by atoms with van der Waals surface area (Å²) in [6.07, 6.45) is 0.874. The quantitative estimate of drug-likeness (QED) is 0.801. The number of rotatable bonds is 6. The Balaban J connectivity index is 2.14. The van der Waals surface area contributed by atoms with Crippen molar-refractivity contribution in [2.24, 2.45) is 0 Å². The Morgan fingerprint density at radius 1 is 1.00 bits per heavy atom. The minimum absolute atomic E-state index is 0.408. The van der Waals surface area contributed by atoms with Crippen LogP contribution >= 0.6 is 11.6 Å². The van der Waals surface area contributed by atoms with Gasteiger partial charge in [-0.25, -0.2) is 0 Å². The van der Waals surface area contributed by atoms with Crippen LogP contribution in [0.5, 0.6) is 11.5 Å². The van der Waals surface area contributed by atoms with E-state index in [0.717, 1.165) is 34.1 Å². The summed E-state index contributed by atoms with van der Waals surface area (Å²) >= 11 is 6.11. The molecule has 2 aromatic carbocycles. The third-order valence-electron chi connectivity index (χ3n) is 3.18. The molecule has 0 amide bonds. The molecule has 2 aromatic rings. The molecule has 2 N–H and O–H groups in total. The minimum Gasteiger partial charge on any atom is -0.493 e. The number of aryl methyl sites for hydroxylation is 1. The van der Waals surface area contributed by atoms with Crippen molar-refractivity contribution in [3.8, 4) is 11.5 Å². The van der Waals surface area contributed by atoms with Gasteiger partial charge in [-0.05, 0) is 55.3 Å². The van der Waals surface area contributed by atoms with Crippen LogP contribution < -0.4 is 15.2 Å². The summed E-state index contributed by atoms with van der Waals surface area (Å²) in [6.45, 7) is 5.03.